The highest BCUT2D eigenvalue weighted by atomic mass is 32.2. The highest BCUT2D eigenvalue weighted by molar-refractivity contribution is 7.90. The fourth-order valence-electron chi connectivity index (χ4n) is 5.39. The van der Waals surface area contributed by atoms with E-state index in [1.807, 2.05) is 61.5 Å². The standard InChI is InChI=1S/C33H41FN4O4S/c1-25-12-10-11-15-27(25)23-37(32(39)24-38(43(41,42)36(2)3)30-20-18-28(34)19-21-30)31(22-26-13-6-4-7-14-26)33(40)35-29-16-8-5-9-17-29/h4,6-7,10-15,18-21,29,31H,5,8-9,16-17,22-24H2,1-3H3,(H,35,40)/t31-/m0/s1. The Morgan fingerprint density at radius 2 is 1.53 bits per heavy atom. The summed E-state index contributed by atoms with van der Waals surface area (Å²) in [5.74, 6) is -1.33. The minimum atomic E-state index is -4.15. The van der Waals surface area contributed by atoms with Crippen LogP contribution in [0.3, 0.4) is 0 Å². The smallest absolute Gasteiger partial charge is 0.304 e. The van der Waals surface area contributed by atoms with Gasteiger partial charge in [-0.3, -0.25) is 9.59 Å². The highest BCUT2D eigenvalue weighted by Crippen LogP contribution is 2.24. The average Bonchev–Trinajstić information content (AvgIpc) is 3.00. The number of benzene rings is 3. The Labute approximate surface area is 254 Å². The molecule has 0 saturated heterocycles. The molecule has 230 valence electrons. The summed E-state index contributed by atoms with van der Waals surface area (Å²) in [4.78, 5) is 29.9. The van der Waals surface area contributed by atoms with Crippen LogP contribution in [0.4, 0.5) is 10.1 Å². The predicted octanol–water partition coefficient (Wildman–Crippen LogP) is 4.84. The first-order valence-corrected chi connectivity index (χ1v) is 16.1. The van der Waals surface area contributed by atoms with Crippen LogP contribution in [0.15, 0.2) is 78.9 Å². The Bertz CT molecular complexity index is 1480. The molecule has 3 aromatic rings. The van der Waals surface area contributed by atoms with Crippen molar-refractivity contribution in [2.24, 2.45) is 0 Å². The van der Waals surface area contributed by atoms with E-state index in [2.05, 4.69) is 5.32 Å². The summed E-state index contributed by atoms with van der Waals surface area (Å²) in [6.45, 7) is 1.48. The van der Waals surface area contributed by atoms with Crippen LogP contribution in [-0.4, -0.2) is 62.2 Å². The van der Waals surface area contributed by atoms with Crippen molar-refractivity contribution in [2.75, 3.05) is 24.9 Å². The van der Waals surface area contributed by atoms with Crippen LogP contribution in [0.25, 0.3) is 0 Å². The van der Waals surface area contributed by atoms with E-state index < -0.39 is 34.5 Å². The lowest BCUT2D eigenvalue weighted by Gasteiger charge is -2.35. The lowest BCUT2D eigenvalue weighted by molar-refractivity contribution is -0.140. The topological polar surface area (TPSA) is 90.0 Å². The van der Waals surface area contributed by atoms with Crippen molar-refractivity contribution in [3.8, 4) is 0 Å². The third kappa shape index (κ3) is 8.42. The van der Waals surface area contributed by atoms with Gasteiger partial charge in [-0.15, -0.1) is 0 Å². The van der Waals surface area contributed by atoms with Gasteiger partial charge < -0.3 is 10.2 Å². The largest absolute Gasteiger partial charge is 0.352 e. The Morgan fingerprint density at radius 1 is 0.907 bits per heavy atom. The number of carbonyl (C=O) groups is 2. The summed E-state index contributed by atoms with van der Waals surface area (Å²) < 4.78 is 42.6. The first-order chi connectivity index (χ1) is 20.6. The zero-order valence-electron chi connectivity index (χ0n) is 25.1. The zero-order valence-corrected chi connectivity index (χ0v) is 25.9. The maximum Gasteiger partial charge on any atom is 0.304 e. The maximum atomic E-state index is 14.4. The number of amides is 2. The molecular weight excluding hydrogens is 567 g/mol. The Kier molecular flexibility index (Phi) is 10.9. The van der Waals surface area contributed by atoms with E-state index in [1.165, 1.54) is 31.1 Å². The normalized spacial score (nSPS) is 14.7. The average molecular weight is 609 g/mol. The molecule has 0 aromatic heterocycles. The molecule has 3 aromatic carbocycles. The van der Waals surface area contributed by atoms with Crippen molar-refractivity contribution in [2.45, 2.75) is 64.1 Å². The Morgan fingerprint density at radius 3 is 2.16 bits per heavy atom. The number of halogens is 1. The van der Waals surface area contributed by atoms with Crippen molar-refractivity contribution in [3.05, 3.63) is 101 Å². The first kappa shape index (κ1) is 32.2. The van der Waals surface area contributed by atoms with E-state index in [9.17, 15) is 22.4 Å². The molecule has 0 spiro atoms. The van der Waals surface area contributed by atoms with Crippen LogP contribution in [-0.2, 0) is 32.8 Å². The SMILES string of the molecule is Cc1ccccc1CN(C(=O)CN(c1ccc(F)cc1)S(=O)(=O)N(C)C)[C@@H](Cc1ccccc1)C(=O)NC1CCCCC1. The number of hydrogen-bond donors (Lipinski definition) is 1. The number of nitrogens with one attached hydrogen (secondary N) is 1. The highest BCUT2D eigenvalue weighted by Gasteiger charge is 2.35. The number of rotatable bonds is 12. The molecule has 8 nitrogen and oxygen atoms in total. The first-order valence-electron chi connectivity index (χ1n) is 14.7. The molecule has 2 amide bonds. The number of aryl methyl sites for hydroxylation is 1. The third-order valence-electron chi connectivity index (χ3n) is 7.96. The van der Waals surface area contributed by atoms with Crippen molar-refractivity contribution in [1.29, 1.82) is 0 Å². The van der Waals surface area contributed by atoms with Gasteiger partial charge in [0.05, 0.1) is 5.69 Å². The molecule has 1 N–H and O–H groups in total. The van der Waals surface area contributed by atoms with Crippen LogP contribution in [0.5, 0.6) is 0 Å². The molecular formula is C33H41FN4O4S. The molecule has 1 fully saturated rings. The van der Waals surface area contributed by atoms with Gasteiger partial charge >= 0.3 is 10.2 Å². The minimum Gasteiger partial charge on any atom is -0.352 e. The fraction of sp³-hybridized carbons (Fsp3) is 0.394. The quantitative estimate of drug-likeness (QED) is 0.319. The van der Waals surface area contributed by atoms with Gasteiger partial charge in [0.2, 0.25) is 11.8 Å². The number of hydrogen-bond acceptors (Lipinski definition) is 4. The van der Waals surface area contributed by atoms with Gasteiger partial charge in [0.25, 0.3) is 0 Å². The summed E-state index contributed by atoms with van der Waals surface area (Å²) >= 11 is 0. The summed E-state index contributed by atoms with van der Waals surface area (Å²) in [7, 11) is -1.40. The van der Waals surface area contributed by atoms with Crippen LogP contribution in [0.2, 0.25) is 0 Å². The number of carbonyl (C=O) groups excluding carboxylic acids is 2. The second-order valence-corrected chi connectivity index (χ2v) is 13.3. The molecule has 0 radical (unpaired) electrons. The van der Waals surface area contributed by atoms with E-state index in [4.69, 9.17) is 0 Å². The lowest BCUT2D eigenvalue weighted by atomic mass is 9.94. The van der Waals surface area contributed by atoms with Crippen LogP contribution in [0.1, 0.15) is 48.8 Å². The van der Waals surface area contributed by atoms with Gasteiger partial charge in [0.15, 0.2) is 0 Å². The van der Waals surface area contributed by atoms with Gasteiger partial charge in [-0.25, -0.2) is 8.70 Å². The molecule has 1 aliphatic carbocycles. The van der Waals surface area contributed by atoms with Gasteiger partial charge in [0, 0.05) is 33.1 Å². The molecule has 4 rings (SSSR count). The van der Waals surface area contributed by atoms with Crippen LogP contribution < -0.4 is 9.62 Å². The number of anilines is 1. The van der Waals surface area contributed by atoms with Crippen LogP contribution >= 0.6 is 0 Å². The third-order valence-corrected chi connectivity index (χ3v) is 9.78. The maximum absolute atomic E-state index is 14.4. The van der Waals surface area contributed by atoms with E-state index >= 15 is 0 Å². The second-order valence-electron chi connectivity index (χ2n) is 11.3. The summed E-state index contributed by atoms with van der Waals surface area (Å²) in [5.41, 5.74) is 2.82. The van der Waals surface area contributed by atoms with Gasteiger partial charge in [-0.05, 0) is 60.7 Å². The minimum absolute atomic E-state index is 0.0276. The van der Waals surface area contributed by atoms with Crippen molar-refractivity contribution in [1.82, 2.24) is 14.5 Å². The van der Waals surface area contributed by atoms with E-state index in [1.54, 1.807) is 0 Å². The molecule has 43 heavy (non-hydrogen) atoms. The molecule has 0 heterocycles. The molecule has 1 atom stereocenters. The summed E-state index contributed by atoms with van der Waals surface area (Å²) in [6.07, 6.45) is 5.24. The molecule has 1 saturated carbocycles. The van der Waals surface area contributed by atoms with E-state index in [-0.39, 0.29) is 30.6 Å². The number of nitrogens with zero attached hydrogens (tertiary/aromatic N) is 3. The van der Waals surface area contributed by atoms with Gasteiger partial charge in [0.1, 0.15) is 18.4 Å². The fourth-order valence-corrected chi connectivity index (χ4v) is 6.45. The van der Waals surface area contributed by atoms with Crippen molar-refractivity contribution < 1.29 is 22.4 Å². The summed E-state index contributed by atoms with van der Waals surface area (Å²) in [5, 5.41) is 3.20. The molecule has 1 aliphatic rings. The zero-order chi connectivity index (χ0) is 31.0. The molecule has 0 bridgehead atoms. The van der Waals surface area contributed by atoms with E-state index in [0.29, 0.717) is 0 Å². The Hall–Kier alpha value is -3.76. The van der Waals surface area contributed by atoms with Crippen LogP contribution in [0, 0.1) is 12.7 Å². The van der Waals surface area contributed by atoms with Gasteiger partial charge in [-0.2, -0.15) is 12.7 Å². The second kappa shape index (κ2) is 14.6. The van der Waals surface area contributed by atoms with Crippen molar-refractivity contribution in [3.63, 3.8) is 0 Å². The summed E-state index contributed by atoms with van der Waals surface area (Å²) in [6, 6.07) is 21.2. The van der Waals surface area contributed by atoms with Gasteiger partial charge in [-0.1, -0.05) is 73.9 Å². The molecule has 0 aliphatic heterocycles. The van der Waals surface area contributed by atoms with Crippen molar-refractivity contribution >= 4 is 27.7 Å². The predicted molar refractivity (Wildman–Crippen MR) is 167 cm³/mol. The Balaban J connectivity index is 1.75. The van der Waals surface area contributed by atoms with E-state index in [0.717, 1.165) is 69.5 Å². The molecule has 10 heteroatoms. The monoisotopic (exact) mass is 608 g/mol. The molecule has 0 unspecified atom stereocenters. The lowest BCUT2D eigenvalue weighted by Crippen LogP contribution is -2.55.